The lowest BCUT2D eigenvalue weighted by Gasteiger charge is -1.92. The van der Waals surface area contributed by atoms with E-state index in [2.05, 4.69) is 4.98 Å². The normalized spacial score (nSPS) is 10.4. The van der Waals surface area contributed by atoms with E-state index in [1.807, 2.05) is 12.3 Å². The second-order valence-electron chi connectivity index (χ2n) is 2.68. The topological polar surface area (TPSA) is 30.0 Å². The maximum Gasteiger partial charge on any atom is 0.206 e. The molecule has 0 atom stereocenters. The molecule has 0 aliphatic rings. The fraction of sp³-hybridized carbons (Fsp3) is 0.111. The third kappa shape index (κ3) is 1.73. The van der Waals surface area contributed by atoms with Crippen LogP contribution in [0.5, 0.6) is 0 Å². The van der Waals surface area contributed by atoms with Crippen molar-refractivity contribution < 1.29 is 4.79 Å². The number of halogens is 1. The van der Waals surface area contributed by atoms with Gasteiger partial charge in [-0.2, -0.15) is 0 Å². The van der Waals surface area contributed by atoms with Crippen molar-refractivity contribution in [3.63, 3.8) is 0 Å². The van der Waals surface area contributed by atoms with Crippen molar-refractivity contribution in [2.24, 2.45) is 0 Å². The average molecular weight is 244 g/mol. The number of rotatable bonds is 2. The van der Waals surface area contributed by atoms with Crippen molar-refractivity contribution in [3.05, 3.63) is 37.4 Å². The van der Waals surface area contributed by atoms with Gasteiger partial charge in [0.2, 0.25) is 5.78 Å². The van der Waals surface area contributed by atoms with E-state index in [1.54, 1.807) is 12.3 Å². The molecule has 0 aliphatic heterocycles. The molecule has 0 aliphatic carbocycles. The molecule has 0 saturated heterocycles. The Morgan fingerprint density at radius 2 is 2.36 bits per heavy atom. The summed E-state index contributed by atoms with van der Waals surface area (Å²) >= 11 is 8.62. The number of nitrogens with zero attached hydrogens (tertiary/aromatic N) is 1. The number of ketones is 1. The number of aromatic nitrogens is 1. The van der Waals surface area contributed by atoms with Gasteiger partial charge in [0.15, 0.2) is 0 Å². The second kappa shape index (κ2) is 3.81. The SMILES string of the molecule is Cc1ncc(C(=O)c2ccsc2Cl)s1. The van der Waals surface area contributed by atoms with E-state index >= 15 is 0 Å². The monoisotopic (exact) mass is 243 g/mol. The maximum atomic E-state index is 11.8. The zero-order valence-electron chi connectivity index (χ0n) is 7.28. The predicted octanol–water partition coefficient (Wildman–Crippen LogP) is 3.40. The number of hydrogen-bond acceptors (Lipinski definition) is 4. The van der Waals surface area contributed by atoms with Crippen molar-refractivity contribution in [1.29, 1.82) is 0 Å². The summed E-state index contributed by atoms with van der Waals surface area (Å²) in [6.07, 6.45) is 1.59. The van der Waals surface area contributed by atoms with Crippen LogP contribution in [0, 0.1) is 6.92 Å². The standard InChI is InChI=1S/C9H6ClNOS2/c1-5-11-4-7(14-5)8(12)6-2-3-13-9(6)10/h2-4H,1H3. The Labute approximate surface area is 94.2 Å². The zero-order chi connectivity index (χ0) is 10.1. The smallest absolute Gasteiger partial charge is 0.206 e. The number of thiophene rings is 1. The van der Waals surface area contributed by atoms with E-state index in [0.29, 0.717) is 14.8 Å². The van der Waals surface area contributed by atoms with Crippen LogP contribution in [-0.4, -0.2) is 10.8 Å². The van der Waals surface area contributed by atoms with Gasteiger partial charge in [0.25, 0.3) is 0 Å². The number of thiazole rings is 1. The largest absolute Gasteiger partial charge is 0.288 e. The first-order valence-corrected chi connectivity index (χ1v) is 5.96. The van der Waals surface area contributed by atoms with E-state index in [1.165, 1.54) is 22.7 Å². The van der Waals surface area contributed by atoms with Crippen molar-refractivity contribution in [2.45, 2.75) is 6.92 Å². The van der Waals surface area contributed by atoms with Crippen molar-refractivity contribution in [3.8, 4) is 0 Å². The molecule has 0 fully saturated rings. The highest BCUT2D eigenvalue weighted by Gasteiger charge is 2.15. The van der Waals surface area contributed by atoms with Crippen LogP contribution in [-0.2, 0) is 0 Å². The second-order valence-corrected chi connectivity index (χ2v) is 5.43. The van der Waals surface area contributed by atoms with Crippen LogP contribution in [0.3, 0.4) is 0 Å². The number of carbonyl (C=O) groups is 1. The third-order valence-corrected chi connectivity index (χ3v) is 3.79. The summed E-state index contributed by atoms with van der Waals surface area (Å²) in [5, 5.41) is 2.70. The van der Waals surface area contributed by atoms with Gasteiger partial charge >= 0.3 is 0 Å². The van der Waals surface area contributed by atoms with Gasteiger partial charge in [-0.05, 0) is 18.4 Å². The van der Waals surface area contributed by atoms with Gasteiger partial charge in [-0.25, -0.2) is 4.98 Å². The summed E-state index contributed by atoms with van der Waals surface area (Å²) < 4.78 is 0.543. The lowest BCUT2D eigenvalue weighted by Crippen LogP contribution is -1.96. The van der Waals surface area contributed by atoms with Crippen molar-refractivity contribution in [1.82, 2.24) is 4.98 Å². The molecule has 2 aromatic heterocycles. The molecule has 2 aromatic rings. The van der Waals surface area contributed by atoms with Crippen LogP contribution >= 0.6 is 34.3 Å². The summed E-state index contributed by atoms with van der Waals surface area (Å²) in [5.74, 6) is -0.0400. The first-order chi connectivity index (χ1) is 6.68. The van der Waals surface area contributed by atoms with Crippen LogP contribution in [0.2, 0.25) is 4.34 Å². The minimum atomic E-state index is -0.0400. The van der Waals surface area contributed by atoms with Gasteiger partial charge in [-0.1, -0.05) is 11.6 Å². The Kier molecular flexibility index (Phi) is 2.67. The number of aryl methyl sites for hydroxylation is 1. The highest BCUT2D eigenvalue weighted by molar-refractivity contribution is 7.15. The quantitative estimate of drug-likeness (QED) is 0.757. The van der Waals surface area contributed by atoms with E-state index in [-0.39, 0.29) is 5.78 Å². The van der Waals surface area contributed by atoms with Crippen LogP contribution in [0.4, 0.5) is 0 Å². The molecule has 0 unspecified atom stereocenters. The maximum absolute atomic E-state index is 11.8. The molecule has 2 rings (SSSR count). The van der Waals surface area contributed by atoms with Crippen molar-refractivity contribution >= 4 is 40.1 Å². The fourth-order valence-electron chi connectivity index (χ4n) is 1.05. The Morgan fingerprint density at radius 1 is 1.57 bits per heavy atom. The van der Waals surface area contributed by atoms with Gasteiger partial charge in [-0.15, -0.1) is 22.7 Å². The molecule has 5 heteroatoms. The molecular formula is C9H6ClNOS2. The van der Waals surface area contributed by atoms with Crippen LogP contribution in [0.25, 0.3) is 0 Å². The highest BCUT2D eigenvalue weighted by Crippen LogP contribution is 2.26. The number of hydrogen-bond donors (Lipinski definition) is 0. The molecule has 0 aromatic carbocycles. The highest BCUT2D eigenvalue weighted by atomic mass is 35.5. The van der Waals surface area contributed by atoms with E-state index in [9.17, 15) is 4.79 Å². The van der Waals surface area contributed by atoms with Gasteiger partial charge < -0.3 is 0 Å². The summed E-state index contributed by atoms with van der Waals surface area (Å²) in [6, 6.07) is 1.74. The van der Waals surface area contributed by atoms with E-state index in [0.717, 1.165) is 5.01 Å². The molecule has 0 bridgehead atoms. The molecule has 0 saturated carbocycles. The molecule has 0 N–H and O–H groups in total. The minimum Gasteiger partial charge on any atom is -0.288 e. The lowest BCUT2D eigenvalue weighted by atomic mass is 10.2. The molecule has 14 heavy (non-hydrogen) atoms. The molecular weight excluding hydrogens is 238 g/mol. The van der Waals surface area contributed by atoms with E-state index < -0.39 is 0 Å². The molecule has 0 amide bonds. The van der Waals surface area contributed by atoms with Crippen LogP contribution in [0.1, 0.15) is 20.2 Å². The zero-order valence-corrected chi connectivity index (χ0v) is 9.67. The Balaban J connectivity index is 2.38. The summed E-state index contributed by atoms with van der Waals surface area (Å²) in [4.78, 5) is 16.5. The number of carbonyl (C=O) groups excluding carboxylic acids is 1. The Bertz CT molecular complexity index is 475. The first-order valence-electron chi connectivity index (χ1n) is 3.88. The lowest BCUT2D eigenvalue weighted by molar-refractivity contribution is 0.104. The molecule has 2 nitrogen and oxygen atoms in total. The third-order valence-electron chi connectivity index (χ3n) is 1.71. The van der Waals surface area contributed by atoms with Crippen LogP contribution < -0.4 is 0 Å². The van der Waals surface area contributed by atoms with E-state index in [4.69, 9.17) is 11.6 Å². The van der Waals surface area contributed by atoms with Crippen LogP contribution in [0.15, 0.2) is 17.6 Å². The molecule has 72 valence electrons. The summed E-state index contributed by atoms with van der Waals surface area (Å²) in [5.41, 5.74) is 0.570. The predicted molar refractivity (Wildman–Crippen MR) is 59.6 cm³/mol. The molecule has 2 heterocycles. The molecule has 0 radical (unpaired) electrons. The average Bonchev–Trinajstić information content (AvgIpc) is 2.73. The minimum absolute atomic E-state index is 0.0400. The summed E-state index contributed by atoms with van der Waals surface area (Å²) in [7, 11) is 0. The van der Waals surface area contributed by atoms with Gasteiger partial charge in [-0.3, -0.25) is 4.79 Å². The first kappa shape index (κ1) is 9.83. The van der Waals surface area contributed by atoms with Gasteiger partial charge in [0.05, 0.1) is 15.4 Å². The summed E-state index contributed by atoms with van der Waals surface area (Å²) in [6.45, 7) is 1.87. The van der Waals surface area contributed by atoms with Crippen molar-refractivity contribution in [2.75, 3.05) is 0 Å². The van der Waals surface area contributed by atoms with Gasteiger partial charge in [0, 0.05) is 6.20 Å². The Hall–Kier alpha value is -0.710. The van der Waals surface area contributed by atoms with Gasteiger partial charge in [0.1, 0.15) is 4.34 Å². The molecule has 0 spiro atoms. The Morgan fingerprint density at radius 3 is 2.86 bits per heavy atom. The fourth-order valence-corrected chi connectivity index (χ4v) is 2.70.